The van der Waals surface area contributed by atoms with Crippen molar-refractivity contribution in [2.75, 3.05) is 26.4 Å². The van der Waals surface area contributed by atoms with Gasteiger partial charge in [-0.15, -0.1) is 0 Å². The van der Waals surface area contributed by atoms with Crippen LogP contribution < -0.4 is 0 Å². The number of hydrogen-bond donors (Lipinski definition) is 0. The average molecular weight is 461 g/mol. The summed E-state index contributed by atoms with van der Waals surface area (Å²) in [6, 6.07) is 0. The lowest BCUT2D eigenvalue weighted by Crippen LogP contribution is -1.96. The molecule has 0 fully saturated rings. The smallest absolute Gasteiger partial charge is 0.0466 e. The zero-order chi connectivity index (χ0) is 20.3. The molecule has 0 heterocycles. The lowest BCUT2D eigenvalue weighted by atomic mass is 10.2. The van der Waals surface area contributed by atoms with Gasteiger partial charge in [0.05, 0.1) is 0 Å². The summed E-state index contributed by atoms with van der Waals surface area (Å²) in [6.45, 7) is 12.8. The van der Waals surface area contributed by atoms with E-state index in [1.807, 2.05) is 0 Å². The molecule has 0 rings (SSSR count). The standard InChI is InChI=1S/2C10H22O.BrHO2S/c2*1-3-5-7-9-11-10-8-6-4-2;1-4(2)3/h2*3-10H2,1-2H3;(H,2,3)/p-1. The van der Waals surface area contributed by atoms with E-state index in [0.29, 0.717) is 0 Å². The van der Waals surface area contributed by atoms with Crippen LogP contribution in [0.2, 0.25) is 0 Å². The fourth-order valence-corrected chi connectivity index (χ4v) is 2.02. The highest BCUT2D eigenvalue weighted by atomic mass is 79.9. The second kappa shape index (κ2) is 33.1. The molecule has 0 aliphatic heterocycles. The zero-order valence-corrected chi connectivity index (χ0v) is 20.1. The van der Waals surface area contributed by atoms with Crippen molar-refractivity contribution in [2.45, 2.75) is 105 Å². The fraction of sp³-hybridized carbons (Fsp3) is 1.00. The van der Waals surface area contributed by atoms with Crippen LogP contribution in [0.3, 0.4) is 0 Å². The Morgan fingerprint density at radius 1 is 0.615 bits per heavy atom. The second-order valence-corrected chi connectivity index (χ2v) is 8.22. The van der Waals surface area contributed by atoms with E-state index in [1.54, 1.807) is 0 Å². The summed E-state index contributed by atoms with van der Waals surface area (Å²) >= 11 is 2.19. The average Bonchev–Trinajstić information content (AvgIpc) is 2.60. The first kappa shape index (κ1) is 31.2. The third-order valence-corrected chi connectivity index (χ3v) is 3.57. The monoisotopic (exact) mass is 459 g/mol. The van der Waals surface area contributed by atoms with Crippen LogP contribution in [0.15, 0.2) is 0 Å². The Bertz CT molecular complexity index is 206. The molecule has 1 atom stereocenters. The summed E-state index contributed by atoms with van der Waals surface area (Å²) in [4.78, 5) is 0. The molecule has 0 bridgehead atoms. The number of ether oxygens (including phenoxy) is 2. The Labute approximate surface area is 173 Å². The van der Waals surface area contributed by atoms with E-state index in [1.165, 1.54) is 77.0 Å². The van der Waals surface area contributed by atoms with Gasteiger partial charge in [0.15, 0.2) is 0 Å². The van der Waals surface area contributed by atoms with Gasteiger partial charge < -0.3 is 14.0 Å². The Balaban J connectivity index is -0.000000338. The predicted octanol–water partition coefficient (Wildman–Crippen LogP) is 6.94. The molecule has 0 aromatic rings. The van der Waals surface area contributed by atoms with Crippen molar-refractivity contribution in [1.82, 2.24) is 0 Å². The van der Waals surface area contributed by atoms with Crippen molar-refractivity contribution >= 4 is 24.3 Å². The normalized spacial score (nSPS) is 11.2. The van der Waals surface area contributed by atoms with Crippen molar-refractivity contribution in [1.29, 1.82) is 0 Å². The summed E-state index contributed by atoms with van der Waals surface area (Å²) in [6.07, 6.45) is 15.4. The Morgan fingerprint density at radius 3 is 0.962 bits per heavy atom. The summed E-state index contributed by atoms with van der Waals surface area (Å²) in [5.74, 6) is 0. The number of rotatable bonds is 16. The van der Waals surface area contributed by atoms with E-state index in [2.05, 4.69) is 42.5 Å². The van der Waals surface area contributed by atoms with Gasteiger partial charge in [0.2, 0.25) is 0 Å². The molecule has 0 spiro atoms. The van der Waals surface area contributed by atoms with E-state index in [4.69, 9.17) is 18.2 Å². The van der Waals surface area contributed by atoms with Gasteiger partial charge in [-0.05, 0) is 25.7 Å². The largest absolute Gasteiger partial charge is 0.763 e. The lowest BCUT2D eigenvalue weighted by molar-refractivity contribution is 0.126. The molecule has 0 N–H and O–H groups in total. The van der Waals surface area contributed by atoms with Crippen LogP contribution in [0.5, 0.6) is 0 Å². The maximum absolute atomic E-state index is 8.92. The number of unbranched alkanes of at least 4 members (excludes halogenated alkanes) is 8. The summed E-state index contributed by atoms with van der Waals surface area (Å²) in [7, 11) is -2.05. The topological polar surface area (TPSA) is 58.6 Å². The molecule has 0 aromatic carbocycles. The van der Waals surface area contributed by atoms with Crippen LogP contribution in [-0.2, 0) is 19.0 Å². The first-order chi connectivity index (χ1) is 12.6. The summed E-state index contributed by atoms with van der Waals surface area (Å²) in [5, 5.41) is 0. The molecule has 4 nitrogen and oxygen atoms in total. The van der Waals surface area contributed by atoms with E-state index in [9.17, 15) is 0 Å². The highest BCUT2D eigenvalue weighted by molar-refractivity contribution is 9.45. The van der Waals surface area contributed by atoms with Gasteiger partial charge >= 0.3 is 0 Å². The van der Waals surface area contributed by atoms with Crippen molar-refractivity contribution in [2.24, 2.45) is 0 Å². The molecule has 6 heteroatoms. The maximum atomic E-state index is 8.92. The van der Waals surface area contributed by atoms with Gasteiger partial charge in [0.1, 0.15) is 0 Å². The molecule has 0 aliphatic rings. The Kier molecular flexibility index (Phi) is 39.8. The van der Waals surface area contributed by atoms with Gasteiger partial charge in [0.25, 0.3) is 0 Å². The van der Waals surface area contributed by atoms with Gasteiger partial charge in [-0.25, -0.2) is 0 Å². The first-order valence-corrected chi connectivity index (χ1v) is 13.4. The molecular formula is C20H44BrO4S-. The SMILES string of the molecule is CCCCCOCCCCC.CCCCCOCCCCC.O=S([O-])Br. The minimum Gasteiger partial charge on any atom is -0.763 e. The molecule has 0 amide bonds. The second-order valence-electron chi connectivity index (χ2n) is 6.25. The quantitative estimate of drug-likeness (QED) is 0.142. The predicted molar refractivity (Wildman–Crippen MR) is 118 cm³/mol. The summed E-state index contributed by atoms with van der Waals surface area (Å²) < 4.78 is 28.7. The molecule has 0 radical (unpaired) electrons. The minimum atomic E-state index is -2.05. The van der Waals surface area contributed by atoms with Crippen LogP contribution in [0, 0.1) is 0 Å². The maximum Gasteiger partial charge on any atom is 0.0466 e. The van der Waals surface area contributed by atoms with E-state index >= 15 is 0 Å². The van der Waals surface area contributed by atoms with Crippen LogP contribution in [0.4, 0.5) is 0 Å². The fourth-order valence-electron chi connectivity index (χ4n) is 2.02. The van der Waals surface area contributed by atoms with Crippen molar-refractivity contribution in [3.05, 3.63) is 0 Å². The van der Waals surface area contributed by atoms with Crippen LogP contribution in [0.1, 0.15) is 105 Å². The van der Waals surface area contributed by atoms with Crippen LogP contribution >= 0.6 is 14.8 Å². The van der Waals surface area contributed by atoms with Crippen molar-refractivity contribution in [3.63, 3.8) is 0 Å². The molecule has 26 heavy (non-hydrogen) atoms. The first-order valence-electron chi connectivity index (χ1n) is 10.5. The van der Waals surface area contributed by atoms with E-state index < -0.39 is 9.51 Å². The van der Waals surface area contributed by atoms with Crippen molar-refractivity contribution in [3.8, 4) is 0 Å². The molecule has 162 valence electrons. The third kappa shape index (κ3) is 49.7. The Morgan fingerprint density at radius 2 is 0.808 bits per heavy atom. The van der Waals surface area contributed by atoms with Crippen LogP contribution in [-0.4, -0.2) is 35.2 Å². The molecule has 0 aliphatic carbocycles. The van der Waals surface area contributed by atoms with Gasteiger partial charge in [-0.1, -0.05) is 79.1 Å². The van der Waals surface area contributed by atoms with Gasteiger partial charge in [-0.3, -0.25) is 4.21 Å². The summed E-state index contributed by atoms with van der Waals surface area (Å²) in [5.41, 5.74) is 0. The zero-order valence-electron chi connectivity index (χ0n) is 17.7. The molecule has 0 saturated carbocycles. The number of hydrogen-bond acceptors (Lipinski definition) is 4. The minimum absolute atomic E-state index is 0.970. The Hall–Kier alpha value is 0.510. The van der Waals surface area contributed by atoms with E-state index in [-0.39, 0.29) is 0 Å². The van der Waals surface area contributed by atoms with Gasteiger partial charge in [-0.2, -0.15) is 0 Å². The molecule has 0 aromatic heterocycles. The highest BCUT2D eigenvalue weighted by Crippen LogP contribution is 1.98. The highest BCUT2D eigenvalue weighted by Gasteiger charge is 1.89. The van der Waals surface area contributed by atoms with Crippen molar-refractivity contribution < 1.29 is 18.2 Å². The molecule has 1 unspecified atom stereocenters. The number of halogens is 1. The third-order valence-electron chi connectivity index (χ3n) is 3.57. The molecule has 0 saturated heterocycles. The van der Waals surface area contributed by atoms with Crippen LogP contribution in [0.25, 0.3) is 0 Å². The molecular weight excluding hydrogens is 416 g/mol. The van der Waals surface area contributed by atoms with Gasteiger partial charge in [0, 0.05) is 50.8 Å². The van der Waals surface area contributed by atoms with E-state index in [0.717, 1.165) is 26.4 Å². The lowest BCUT2D eigenvalue weighted by Gasteiger charge is -2.01.